The quantitative estimate of drug-likeness (QED) is 0.882. The van der Waals surface area contributed by atoms with Crippen LogP contribution in [0.25, 0.3) is 0 Å². The second kappa shape index (κ2) is 5.93. The first kappa shape index (κ1) is 13.7. The summed E-state index contributed by atoms with van der Waals surface area (Å²) in [6, 6.07) is 7.08. The Bertz CT molecular complexity index is 450. The molecule has 0 aromatic heterocycles. The van der Waals surface area contributed by atoms with Gasteiger partial charge < -0.3 is 20.1 Å². The van der Waals surface area contributed by atoms with Gasteiger partial charge in [-0.15, -0.1) is 0 Å². The third-order valence-electron chi connectivity index (χ3n) is 3.18. The maximum absolute atomic E-state index is 11.9. The molecule has 0 saturated carbocycles. The molecule has 0 saturated heterocycles. The summed E-state index contributed by atoms with van der Waals surface area (Å²) in [6.07, 6.45) is 0.474. The van der Waals surface area contributed by atoms with Gasteiger partial charge in [0.25, 0.3) is 0 Å². The van der Waals surface area contributed by atoms with Crippen molar-refractivity contribution in [1.29, 1.82) is 0 Å². The number of hydrogen-bond donors (Lipinski definition) is 1. The molecule has 0 radical (unpaired) electrons. The van der Waals surface area contributed by atoms with E-state index >= 15 is 0 Å². The van der Waals surface area contributed by atoms with Gasteiger partial charge >= 0.3 is 0 Å². The van der Waals surface area contributed by atoms with Crippen molar-refractivity contribution < 1.29 is 14.3 Å². The van der Waals surface area contributed by atoms with E-state index in [1.165, 1.54) is 0 Å². The fourth-order valence-electron chi connectivity index (χ4n) is 2.01. The third-order valence-corrected chi connectivity index (χ3v) is 3.18. The minimum atomic E-state index is -0.443. The number of likely N-dealkylation sites (N-methyl/N-ethyl adjacent to an activating group) is 1. The zero-order chi connectivity index (χ0) is 13.8. The molecule has 1 aliphatic rings. The number of fused-ring (bicyclic) bond motifs is 1. The normalized spacial score (nSPS) is 18.8. The van der Waals surface area contributed by atoms with Gasteiger partial charge in [-0.25, -0.2) is 0 Å². The van der Waals surface area contributed by atoms with Crippen LogP contribution in [-0.4, -0.2) is 43.2 Å². The molecular formula is C14H20N2O3. The first-order chi connectivity index (χ1) is 9.11. The standard InChI is InChI=1S/C14H20N2O3/c1-3-11(15)14(17)16(2)8-10-9-18-12-6-4-5-7-13(12)19-10/h4-7,10-11H,3,8-9,15H2,1-2H3/t10?,11-/m1/s1. The van der Waals surface area contributed by atoms with Crippen molar-refractivity contribution in [3.63, 3.8) is 0 Å². The minimum absolute atomic E-state index is 0.0649. The first-order valence-electron chi connectivity index (χ1n) is 6.51. The molecular weight excluding hydrogens is 244 g/mol. The van der Waals surface area contributed by atoms with E-state index in [0.29, 0.717) is 19.6 Å². The van der Waals surface area contributed by atoms with Crippen molar-refractivity contribution in [2.24, 2.45) is 5.73 Å². The lowest BCUT2D eigenvalue weighted by Crippen LogP contribution is -2.47. The van der Waals surface area contributed by atoms with Crippen LogP contribution in [0.5, 0.6) is 11.5 Å². The van der Waals surface area contributed by atoms with E-state index in [1.54, 1.807) is 11.9 Å². The highest BCUT2D eigenvalue weighted by Crippen LogP contribution is 2.30. The van der Waals surface area contributed by atoms with Crippen molar-refractivity contribution in [2.45, 2.75) is 25.5 Å². The Kier molecular flexibility index (Phi) is 4.27. The highest BCUT2D eigenvalue weighted by Gasteiger charge is 2.25. The Hall–Kier alpha value is -1.75. The molecule has 0 aliphatic carbocycles. The zero-order valence-electron chi connectivity index (χ0n) is 11.3. The van der Waals surface area contributed by atoms with Gasteiger partial charge in [-0.2, -0.15) is 0 Å². The summed E-state index contributed by atoms with van der Waals surface area (Å²) in [6.45, 7) is 2.81. The molecule has 0 bridgehead atoms. The predicted molar refractivity (Wildman–Crippen MR) is 72.3 cm³/mol. The molecule has 0 fully saturated rings. The number of ether oxygens (including phenoxy) is 2. The van der Waals surface area contributed by atoms with Crippen LogP contribution in [0.1, 0.15) is 13.3 Å². The molecule has 104 valence electrons. The average molecular weight is 264 g/mol. The summed E-state index contributed by atoms with van der Waals surface area (Å²) in [5.74, 6) is 1.40. The van der Waals surface area contributed by atoms with E-state index in [-0.39, 0.29) is 12.0 Å². The Morgan fingerprint density at radius 1 is 1.47 bits per heavy atom. The van der Waals surface area contributed by atoms with E-state index < -0.39 is 6.04 Å². The SMILES string of the molecule is CC[C@@H](N)C(=O)N(C)CC1COc2ccccc2O1. The number of nitrogens with two attached hydrogens (primary N) is 1. The Balaban J connectivity index is 1.93. The summed E-state index contributed by atoms with van der Waals surface area (Å²) >= 11 is 0. The van der Waals surface area contributed by atoms with Crippen LogP contribution in [0.2, 0.25) is 0 Å². The number of nitrogens with zero attached hydrogens (tertiary/aromatic N) is 1. The number of amides is 1. The topological polar surface area (TPSA) is 64.8 Å². The average Bonchev–Trinajstić information content (AvgIpc) is 2.45. The van der Waals surface area contributed by atoms with E-state index in [2.05, 4.69) is 0 Å². The Morgan fingerprint density at radius 3 is 2.84 bits per heavy atom. The summed E-state index contributed by atoms with van der Waals surface area (Å²) in [5, 5.41) is 0. The van der Waals surface area contributed by atoms with Gasteiger partial charge in [0.1, 0.15) is 6.61 Å². The van der Waals surface area contributed by atoms with Crippen LogP contribution in [0, 0.1) is 0 Å². The number of hydrogen-bond acceptors (Lipinski definition) is 4. The fourth-order valence-corrected chi connectivity index (χ4v) is 2.01. The fraction of sp³-hybridized carbons (Fsp3) is 0.500. The molecule has 2 rings (SSSR count). The largest absolute Gasteiger partial charge is 0.486 e. The molecule has 0 spiro atoms. The van der Waals surface area contributed by atoms with Crippen molar-refractivity contribution in [1.82, 2.24) is 4.90 Å². The van der Waals surface area contributed by atoms with Gasteiger partial charge in [0.2, 0.25) is 5.91 Å². The van der Waals surface area contributed by atoms with Gasteiger partial charge in [0.15, 0.2) is 17.6 Å². The lowest BCUT2D eigenvalue weighted by atomic mass is 10.2. The van der Waals surface area contributed by atoms with Crippen LogP contribution in [0.3, 0.4) is 0 Å². The summed E-state index contributed by atoms with van der Waals surface area (Å²) in [7, 11) is 1.74. The molecule has 5 nitrogen and oxygen atoms in total. The lowest BCUT2D eigenvalue weighted by Gasteiger charge is -2.30. The van der Waals surface area contributed by atoms with Crippen molar-refractivity contribution >= 4 is 5.91 Å². The predicted octanol–water partition coefficient (Wildman–Crippen LogP) is 1.02. The van der Waals surface area contributed by atoms with Crippen LogP contribution in [-0.2, 0) is 4.79 Å². The van der Waals surface area contributed by atoms with Crippen molar-refractivity contribution in [2.75, 3.05) is 20.2 Å². The molecule has 1 amide bonds. The van der Waals surface area contributed by atoms with Crippen molar-refractivity contribution in [3.8, 4) is 11.5 Å². The molecule has 1 aromatic rings. The second-order valence-electron chi connectivity index (χ2n) is 4.73. The van der Waals surface area contributed by atoms with E-state index in [4.69, 9.17) is 15.2 Å². The number of carbonyl (C=O) groups is 1. The van der Waals surface area contributed by atoms with Crippen LogP contribution in [0.4, 0.5) is 0 Å². The van der Waals surface area contributed by atoms with Gasteiger partial charge in [-0.05, 0) is 18.6 Å². The zero-order valence-corrected chi connectivity index (χ0v) is 11.3. The number of para-hydroxylation sites is 2. The Morgan fingerprint density at radius 2 is 2.16 bits per heavy atom. The first-order valence-corrected chi connectivity index (χ1v) is 6.51. The van der Waals surface area contributed by atoms with E-state index in [9.17, 15) is 4.79 Å². The van der Waals surface area contributed by atoms with Crippen LogP contribution < -0.4 is 15.2 Å². The van der Waals surface area contributed by atoms with Crippen LogP contribution in [0.15, 0.2) is 24.3 Å². The number of carbonyl (C=O) groups excluding carboxylic acids is 1. The van der Waals surface area contributed by atoms with Crippen molar-refractivity contribution in [3.05, 3.63) is 24.3 Å². The molecule has 1 unspecified atom stereocenters. The van der Waals surface area contributed by atoms with E-state index in [0.717, 1.165) is 11.5 Å². The molecule has 2 atom stereocenters. The maximum atomic E-state index is 11.9. The van der Waals surface area contributed by atoms with Gasteiger partial charge in [-0.3, -0.25) is 4.79 Å². The highest BCUT2D eigenvalue weighted by atomic mass is 16.6. The summed E-state index contributed by atoms with van der Waals surface area (Å²) in [4.78, 5) is 13.5. The highest BCUT2D eigenvalue weighted by molar-refractivity contribution is 5.81. The third kappa shape index (κ3) is 3.17. The maximum Gasteiger partial charge on any atom is 0.239 e. The lowest BCUT2D eigenvalue weighted by molar-refractivity contribution is -0.132. The van der Waals surface area contributed by atoms with Gasteiger partial charge in [0.05, 0.1) is 12.6 Å². The monoisotopic (exact) mass is 264 g/mol. The molecule has 1 aliphatic heterocycles. The van der Waals surface area contributed by atoms with Gasteiger partial charge in [0, 0.05) is 7.05 Å². The molecule has 5 heteroatoms. The molecule has 1 aromatic carbocycles. The Labute approximate surface area is 113 Å². The molecule has 19 heavy (non-hydrogen) atoms. The number of benzene rings is 1. The van der Waals surface area contributed by atoms with Gasteiger partial charge in [-0.1, -0.05) is 19.1 Å². The molecule has 2 N–H and O–H groups in total. The smallest absolute Gasteiger partial charge is 0.239 e. The number of rotatable bonds is 4. The van der Waals surface area contributed by atoms with Crippen LogP contribution >= 0.6 is 0 Å². The summed E-state index contributed by atoms with van der Waals surface area (Å²) < 4.78 is 11.4. The van der Waals surface area contributed by atoms with E-state index in [1.807, 2.05) is 31.2 Å². The minimum Gasteiger partial charge on any atom is -0.486 e. The summed E-state index contributed by atoms with van der Waals surface area (Å²) in [5.41, 5.74) is 5.74. The molecule has 1 heterocycles. The second-order valence-corrected chi connectivity index (χ2v) is 4.73.